The Hall–Kier alpha value is -3.02. The van der Waals surface area contributed by atoms with Gasteiger partial charge in [-0.15, -0.1) is 0 Å². The number of nitrogens with one attached hydrogen (secondary N) is 1. The lowest BCUT2D eigenvalue weighted by Gasteiger charge is -2.29. The van der Waals surface area contributed by atoms with E-state index in [1.165, 1.54) is 45.6 Å². The minimum absolute atomic E-state index is 0.0927. The smallest absolute Gasteiger partial charge is 0.261 e. The quantitative estimate of drug-likeness (QED) is 0.474. The van der Waals surface area contributed by atoms with Gasteiger partial charge in [0.2, 0.25) is 15.9 Å². The predicted molar refractivity (Wildman–Crippen MR) is 136 cm³/mol. The summed E-state index contributed by atoms with van der Waals surface area (Å²) in [7, 11) is -3.64. The van der Waals surface area contributed by atoms with Crippen LogP contribution in [0, 0.1) is 11.7 Å². The van der Waals surface area contributed by atoms with Crippen LogP contribution in [-0.2, 0) is 30.9 Å². The van der Waals surface area contributed by atoms with Gasteiger partial charge in [0.25, 0.3) is 5.91 Å². The second-order valence-corrected chi connectivity index (χ2v) is 11.2. The molecule has 0 aromatic heterocycles. The van der Waals surface area contributed by atoms with Crippen LogP contribution in [-0.4, -0.2) is 74.9 Å². The molecule has 1 N–H and O–H groups in total. The number of nitrogens with zero attached hydrogens (tertiary/aromatic N) is 2. The average Bonchev–Trinajstić information content (AvgIpc) is 2.90. The average molecular weight is 536 g/mol. The number of ether oxygens (including phenoxy) is 2. The predicted octanol–water partition coefficient (Wildman–Crippen LogP) is 2.41. The molecule has 1 unspecified atom stereocenters. The zero-order chi connectivity index (χ0) is 27.0. The highest BCUT2D eigenvalue weighted by atomic mass is 32.2. The van der Waals surface area contributed by atoms with Gasteiger partial charge in [0, 0.05) is 26.2 Å². The van der Waals surface area contributed by atoms with E-state index in [0.717, 1.165) is 0 Å². The molecule has 1 aliphatic rings. The standard InChI is InChI=1S/C26H34FN3O6S/c1-19(2)16-28-26(32)20(3)30(17-21-4-6-22(27)7-5-21)25(31)18-36-23-8-10-24(11-9-23)37(33,34)29-12-14-35-15-13-29/h4-11,19-20H,12-18H2,1-3H3,(H,28,32). The molecule has 9 nitrogen and oxygen atoms in total. The van der Waals surface area contributed by atoms with Gasteiger partial charge in [0.1, 0.15) is 17.6 Å². The zero-order valence-electron chi connectivity index (χ0n) is 21.4. The summed E-state index contributed by atoms with van der Waals surface area (Å²) in [6.07, 6.45) is 0. The van der Waals surface area contributed by atoms with Gasteiger partial charge in [0.15, 0.2) is 6.61 Å². The minimum Gasteiger partial charge on any atom is -0.484 e. The van der Waals surface area contributed by atoms with Crippen molar-refractivity contribution in [1.82, 2.24) is 14.5 Å². The first-order valence-corrected chi connectivity index (χ1v) is 13.6. The lowest BCUT2D eigenvalue weighted by atomic mass is 10.1. The van der Waals surface area contributed by atoms with Crippen LogP contribution in [0.1, 0.15) is 26.3 Å². The normalized spacial score (nSPS) is 15.3. The van der Waals surface area contributed by atoms with Gasteiger partial charge in [-0.2, -0.15) is 4.31 Å². The molecule has 0 spiro atoms. The molecule has 1 saturated heterocycles. The monoisotopic (exact) mass is 535 g/mol. The molecular weight excluding hydrogens is 501 g/mol. The van der Waals surface area contributed by atoms with Crippen LogP contribution in [0.2, 0.25) is 0 Å². The summed E-state index contributed by atoms with van der Waals surface area (Å²) < 4.78 is 51.2. The molecule has 202 valence electrons. The molecule has 0 aliphatic carbocycles. The summed E-state index contributed by atoms with van der Waals surface area (Å²) in [6, 6.07) is 10.8. The van der Waals surface area contributed by atoms with Crippen molar-refractivity contribution in [3.8, 4) is 5.75 Å². The van der Waals surface area contributed by atoms with Gasteiger partial charge < -0.3 is 19.7 Å². The van der Waals surface area contributed by atoms with Crippen molar-refractivity contribution in [2.45, 2.75) is 38.3 Å². The molecule has 0 radical (unpaired) electrons. The van der Waals surface area contributed by atoms with Crippen LogP contribution in [0.25, 0.3) is 0 Å². The van der Waals surface area contributed by atoms with Gasteiger partial charge in [-0.05, 0) is 54.8 Å². The second-order valence-electron chi connectivity index (χ2n) is 9.24. The Morgan fingerprint density at radius 1 is 1.05 bits per heavy atom. The number of carbonyl (C=O) groups excluding carboxylic acids is 2. The Morgan fingerprint density at radius 3 is 2.27 bits per heavy atom. The fraction of sp³-hybridized carbons (Fsp3) is 0.462. The summed E-state index contributed by atoms with van der Waals surface area (Å²) in [6.45, 7) is 7.06. The number of halogens is 1. The highest BCUT2D eigenvalue weighted by Gasteiger charge is 2.28. The Balaban J connectivity index is 1.68. The van der Waals surface area contributed by atoms with Gasteiger partial charge in [-0.3, -0.25) is 9.59 Å². The number of morpholine rings is 1. The molecule has 2 aromatic rings. The number of benzene rings is 2. The summed E-state index contributed by atoms with van der Waals surface area (Å²) >= 11 is 0. The van der Waals surface area contributed by atoms with Gasteiger partial charge in [-0.1, -0.05) is 26.0 Å². The maximum Gasteiger partial charge on any atom is 0.261 e. The number of sulfonamides is 1. The Morgan fingerprint density at radius 2 is 1.68 bits per heavy atom. The first-order valence-electron chi connectivity index (χ1n) is 12.2. The molecule has 1 heterocycles. The number of rotatable bonds is 11. The van der Waals surface area contributed by atoms with Crippen LogP contribution in [0.5, 0.6) is 5.75 Å². The van der Waals surface area contributed by atoms with E-state index in [1.807, 2.05) is 13.8 Å². The maximum absolute atomic E-state index is 13.4. The van der Waals surface area contributed by atoms with Gasteiger partial charge in [-0.25, -0.2) is 12.8 Å². The minimum atomic E-state index is -3.64. The third-order valence-corrected chi connectivity index (χ3v) is 7.82. The van der Waals surface area contributed by atoms with Gasteiger partial charge in [0.05, 0.1) is 18.1 Å². The van der Waals surface area contributed by atoms with E-state index in [9.17, 15) is 22.4 Å². The van der Waals surface area contributed by atoms with E-state index < -0.39 is 27.8 Å². The van der Waals surface area contributed by atoms with E-state index in [0.29, 0.717) is 44.2 Å². The molecule has 1 aliphatic heterocycles. The fourth-order valence-electron chi connectivity index (χ4n) is 3.69. The topological polar surface area (TPSA) is 105 Å². The number of hydrogen-bond acceptors (Lipinski definition) is 6. The molecule has 3 rings (SSSR count). The first-order chi connectivity index (χ1) is 17.6. The second kappa shape index (κ2) is 13.0. The van der Waals surface area contributed by atoms with Crippen molar-refractivity contribution < 1.29 is 31.9 Å². The maximum atomic E-state index is 13.4. The molecule has 1 fully saturated rings. The van der Waals surface area contributed by atoms with Crippen molar-refractivity contribution >= 4 is 21.8 Å². The van der Waals surface area contributed by atoms with Crippen molar-refractivity contribution in [3.63, 3.8) is 0 Å². The molecule has 11 heteroatoms. The molecule has 1 atom stereocenters. The Labute approximate surface area is 217 Å². The molecular formula is C26H34FN3O6S. The molecule has 37 heavy (non-hydrogen) atoms. The van der Waals surface area contributed by atoms with Crippen LogP contribution >= 0.6 is 0 Å². The van der Waals surface area contributed by atoms with Crippen molar-refractivity contribution in [3.05, 3.63) is 59.9 Å². The van der Waals surface area contributed by atoms with E-state index in [-0.39, 0.29) is 29.9 Å². The molecule has 0 bridgehead atoms. The Kier molecular flexibility index (Phi) is 10.0. The van der Waals surface area contributed by atoms with Crippen molar-refractivity contribution in [1.29, 1.82) is 0 Å². The first kappa shape index (κ1) is 28.5. The summed E-state index contributed by atoms with van der Waals surface area (Å²) in [5.41, 5.74) is 0.663. The lowest BCUT2D eigenvalue weighted by Crippen LogP contribution is -2.49. The van der Waals surface area contributed by atoms with Crippen molar-refractivity contribution in [2.24, 2.45) is 5.92 Å². The SMILES string of the molecule is CC(C)CNC(=O)C(C)N(Cc1ccc(F)cc1)C(=O)COc1ccc(S(=O)(=O)N2CCOCC2)cc1. The highest BCUT2D eigenvalue weighted by molar-refractivity contribution is 7.89. The molecule has 2 aromatic carbocycles. The third kappa shape index (κ3) is 7.98. The fourth-order valence-corrected chi connectivity index (χ4v) is 5.10. The number of amides is 2. The molecule has 0 saturated carbocycles. The molecule has 2 amide bonds. The Bertz CT molecular complexity index is 1150. The number of hydrogen-bond donors (Lipinski definition) is 1. The van der Waals surface area contributed by atoms with Crippen molar-refractivity contribution in [2.75, 3.05) is 39.5 Å². The van der Waals surface area contributed by atoms with Crippen LogP contribution in [0.15, 0.2) is 53.4 Å². The zero-order valence-corrected chi connectivity index (χ0v) is 22.2. The van der Waals surface area contributed by atoms with E-state index >= 15 is 0 Å². The van der Waals surface area contributed by atoms with Crippen LogP contribution in [0.4, 0.5) is 4.39 Å². The van der Waals surface area contributed by atoms with Crippen LogP contribution < -0.4 is 10.1 Å². The largest absolute Gasteiger partial charge is 0.484 e. The van der Waals surface area contributed by atoms with E-state index in [2.05, 4.69) is 5.32 Å². The van der Waals surface area contributed by atoms with Crippen LogP contribution in [0.3, 0.4) is 0 Å². The summed E-state index contributed by atoms with van der Waals surface area (Å²) in [4.78, 5) is 27.3. The summed E-state index contributed by atoms with van der Waals surface area (Å²) in [5, 5.41) is 2.83. The number of carbonyl (C=O) groups is 2. The summed E-state index contributed by atoms with van der Waals surface area (Å²) in [5.74, 6) is -0.584. The third-order valence-electron chi connectivity index (χ3n) is 5.91. The van der Waals surface area contributed by atoms with Gasteiger partial charge >= 0.3 is 0 Å². The highest BCUT2D eigenvalue weighted by Crippen LogP contribution is 2.21. The van der Waals surface area contributed by atoms with E-state index in [4.69, 9.17) is 9.47 Å². The van der Waals surface area contributed by atoms with E-state index in [1.54, 1.807) is 19.1 Å². The lowest BCUT2D eigenvalue weighted by molar-refractivity contribution is -0.142.